The summed E-state index contributed by atoms with van der Waals surface area (Å²) in [6.07, 6.45) is -2.51. The van der Waals surface area contributed by atoms with E-state index in [4.69, 9.17) is 33.2 Å². The summed E-state index contributed by atoms with van der Waals surface area (Å²) in [5, 5.41) is 0. The first-order valence-electron chi connectivity index (χ1n) is 18.0. The average molecular weight is 681 g/mol. The first kappa shape index (κ1) is 36.4. The van der Waals surface area contributed by atoms with Crippen LogP contribution in [-0.4, -0.2) is 55.6 Å². The fourth-order valence-electron chi connectivity index (χ4n) is 6.91. The Bertz CT molecular complexity index is 1520. The summed E-state index contributed by atoms with van der Waals surface area (Å²) in [5.41, 5.74) is 4.38. The van der Waals surface area contributed by atoms with Crippen molar-refractivity contribution < 1.29 is 33.2 Å². The lowest BCUT2D eigenvalue weighted by molar-refractivity contribution is -0.335. The Kier molecular flexibility index (Phi) is 13.2. The zero-order valence-electron chi connectivity index (χ0n) is 29.7. The minimum atomic E-state index is -0.592. The highest BCUT2D eigenvalue weighted by Crippen LogP contribution is 2.37. The van der Waals surface area contributed by atoms with E-state index < -0.39 is 18.5 Å². The fourth-order valence-corrected chi connectivity index (χ4v) is 6.91. The summed E-state index contributed by atoms with van der Waals surface area (Å²) in [4.78, 5) is 0. The maximum atomic E-state index is 7.07. The van der Waals surface area contributed by atoms with Gasteiger partial charge < -0.3 is 33.2 Å². The van der Waals surface area contributed by atoms with Crippen LogP contribution in [0.1, 0.15) is 49.9 Å². The van der Waals surface area contributed by atoms with Gasteiger partial charge in [-0.05, 0) is 36.1 Å². The van der Waals surface area contributed by atoms with Crippen LogP contribution in [0.4, 0.5) is 0 Å². The second-order valence-electron chi connectivity index (χ2n) is 13.7. The van der Waals surface area contributed by atoms with Gasteiger partial charge in [0, 0.05) is 11.8 Å². The Morgan fingerprint density at radius 1 is 0.440 bits per heavy atom. The minimum Gasteiger partial charge on any atom is -0.374 e. The number of rotatable bonds is 15. The molecular weight excluding hydrogens is 628 g/mol. The summed E-state index contributed by atoms with van der Waals surface area (Å²) < 4.78 is 46.8. The van der Waals surface area contributed by atoms with Gasteiger partial charge in [-0.15, -0.1) is 0 Å². The monoisotopic (exact) mass is 680 g/mol. The third-order valence-electron chi connectivity index (χ3n) is 9.96. The van der Waals surface area contributed by atoms with Gasteiger partial charge in [0.05, 0.1) is 57.5 Å². The van der Waals surface area contributed by atoms with Crippen molar-refractivity contribution in [2.75, 3.05) is 6.61 Å². The van der Waals surface area contributed by atoms with Crippen LogP contribution in [0.2, 0.25) is 0 Å². The molecule has 2 fully saturated rings. The third kappa shape index (κ3) is 9.68. The van der Waals surface area contributed by atoms with Gasteiger partial charge in [-0.2, -0.15) is 0 Å². The van der Waals surface area contributed by atoms with Crippen molar-refractivity contribution in [3.8, 4) is 0 Å². The summed E-state index contributed by atoms with van der Waals surface area (Å²) in [6, 6.07) is 40.9. The minimum absolute atomic E-state index is 0.0115. The molecule has 2 aliphatic heterocycles. The fraction of sp³-hybridized carbons (Fsp3) is 0.442. The predicted octanol–water partition coefficient (Wildman–Crippen LogP) is 8.15. The Balaban J connectivity index is 1.25. The smallest absolute Gasteiger partial charge is 0.163 e. The second-order valence-corrected chi connectivity index (χ2v) is 13.7. The molecule has 2 aliphatic rings. The third-order valence-corrected chi connectivity index (χ3v) is 9.96. The maximum Gasteiger partial charge on any atom is 0.163 e. The molecule has 6 unspecified atom stereocenters. The largest absolute Gasteiger partial charge is 0.374 e. The highest BCUT2D eigenvalue weighted by atomic mass is 16.7. The van der Waals surface area contributed by atoms with Gasteiger partial charge in [0.15, 0.2) is 6.29 Å². The van der Waals surface area contributed by atoms with E-state index in [1.54, 1.807) is 0 Å². The first-order valence-corrected chi connectivity index (χ1v) is 18.0. The van der Waals surface area contributed by atoms with E-state index in [-0.39, 0.29) is 42.4 Å². The van der Waals surface area contributed by atoms with E-state index in [9.17, 15) is 0 Å². The Morgan fingerprint density at radius 3 is 1.38 bits per heavy atom. The van der Waals surface area contributed by atoms with Crippen molar-refractivity contribution in [1.29, 1.82) is 0 Å². The lowest BCUT2D eigenvalue weighted by Gasteiger charge is -2.49. The highest BCUT2D eigenvalue weighted by Gasteiger charge is 2.50. The van der Waals surface area contributed by atoms with Gasteiger partial charge in [0.25, 0.3) is 0 Å². The number of benzene rings is 4. The SMILES string of the molecule is CC1C(OCc2ccccc2)[C@H](OCc2ccccc2)C(COCc2ccccc2)O[C@@H]1OC1[C@H](C)C(C)OC(C)[C@@H]1OCc1ccccc1. The van der Waals surface area contributed by atoms with Crippen molar-refractivity contribution >= 4 is 0 Å². The van der Waals surface area contributed by atoms with Crippen molar-refractivity contribution in [3.05, 3.63) is 144 Å². The molecule has 0 bridgehead atoms. The predicted molar refractivity (Wildman–Crippen MR) is 193 cm³/mol. The van der Waals surface area contributed by atoms with E-state index in [1.165, 1.54) is 0 Å². The van der Waals surface area contributed by atoms with Crippen LogP contribution in [0.3, 0.4) is 0 Å². The van der Waals surface area contributed by atoms with Crippen molar-refractivity contribution in [2.45, 2.75) is 103 Å². The van der Waals surface area contributed by atoms with Crippen molar-refractivity contribution in [3.63, 3.8) is 0 Å². The van der Waals surface area contributed by atoms with E-state index in [0.29, 0.717) is 33.0 Å². The molecule has 2 saturated heterocycles. The number of ether oxygens (including phenoxy) is 7. The summed E-state index contributed by atoms with van der Waals surface area (Å²) in [7, 11) is 0. The zero-order chi connectivity index (χ0) is 34.7. The van der Waals surface area contributed by atoms with E-state index in [1.807, 2.05) is 72.8 Å². The Labute approximate surface area is 297 Å². The maximum absolute atomic E-state index is 7.07. The molecule has 4 aromatic carbocycles. The van der Waals surface area contributed by atoms with Crippen molar-refractivity contribution in [1.82, 2.24) is 0 Å². The van der Waals surface area contributed by atoms with Gasteiger partial charge in [-0.3, -0.25) is 0 Å². The van der Waals surface area contributed by atoms with Gasteiger partial charge in [0.2, 0.25) is 0 Å². The molecule has 0 N–H and O–H groups in total. The van der Waals surface area contributed by atoms with Gasteiger partial charge in [-0.1, -0.05) is 135 Å². The van der Waals surface area contributed by atoms with Crippen LogP contribution < -0.4 is 0 Å². The molecule has 0 amide bonds. The second kappa shape index (κ2) is 18.2. The van der Waals surface area contributed by atoms with E-state index in [0.717, 1.165) is 22.3 Å². The highest BCUT2D eigenvalue weighted by molar-refractivity contribution is 5.16. The van der Waals surface area contributed by atoms with E-state index >= 15 is 0 Å². The topological polar surface area (TPSA) is 64.6 Å². The summed E-state index contributed by atoms with van der Waals surface area (Å²) >= 11 is 0. The summed E-state index contributed by atoms with van der Waals surface area (Å²) in [5.74, 6) is -0.105. The molecule has 6 rings (SSSR count). The van der Waals surface area contributed by atoms with Crippen LogP contribution in [0.5, 0.6) is 0 Å². The number of hydrogen-bond donors (Lipinski definition) is 0. The first-order chi connectivity index (χ1) is 24.5. The van der Waals surface area contributed by atoms with Crippen LogP contribution in [0, 0.1) is 11.8 Å². The molecule has 50 heavy (non-hydrogen) atoms. The normalized spacial score (nSPS) is 29.8. The quantitative estimate of drug-likeness (QED) is 0.126. The Morgan fingerprint density at radius 2 is 0.880 bits per heavy atom. The molecule has 0 saturated carbocycles. The van der Waals surface area contributed by atoms with Gasteiger partial charge >= 0.3 is 0 Å². The molecule has 0 spiro atoms. The molecule has 0 aliphatic carbocycles. The van der Waals surface area contributed by atoms with Gasteiger partial charge in [-0.25, -0.2) is 0 Å². The molecule has 7 heteroatoms. The lowest BCUT2D eigenvalue weighted by atomic mass is 9.87. The van der Waals surface area contributed by atoms with Crippen molar-refractivity contribution in [2.24, 2.45) is 11.8 Å². The van der Waals surface area contributed by atoms with Crippen LogP contribution >= 0.6 is 0 Å². The standard InChI is InChI=1S/C43H52O7/c1-30-32(3)48-33(4)41(46-27-36-21-13-7-14-22-36)40(30)50-43-31(2)39(45-26-35-19-11-6-12-20-35)42(47-28-37-23-15-8-16-24-37)38(49-43)29-44-25-34-17-9-5-10-18-34/h5-24,30-33,38-43H,25-29H2,1-4H3/t30-,31?,32?,33?,38?,39?,40?,41+,42-,43-/m1/s1. The molecule has 10 atom stereocenters. The Hall–Kier alpha value is -3.40. The molecule has 7 nitrogen and oxygen atoms in total. The molecule has 0 aromatic heterocycles. The number of hydrogen-bond acceptors (Lipinski definition) is 7. The summed E-state index contributed by atoms with van der Waals surface area (Å²) in [6.45, 7) is 10.6. The molecule has 266 valence electrons. The van der Waals surface area contributed by atoms with E-state index in [2.05, 4.69) is 76.2 Å². The van der Waals surface area contributed by atoms with Crippen LogP contribution in [-0.2, 0) is 59.6 Å². The molecular formula is C43H52O7. The molecule has 2 heterocycles. The van der Waals surface area contributed by atoms with Crippen LogP contribution in [0.25, 0.3) is 0 Å². The van der Waals surface area contributed by atoms with Crippen LogP contribution in [0.15, 0.2) is 121 Å². The van der Waals surface area contributed by atoms with Gasteiger partial charge in [0.1, 0.15) is 18.3 Å². The molecule has 0 radical (unpaired) electrons. The zero-order valence-corrected chi connectivity index (χ0v) is 29.7. The molecule has 4 aromatic rings. The average Bonchev–Trinajstić information content (AvgIpc) is 3.15. The lowest BCUT2D eigenvalue weighted by Crippen LogP contribution is -2.61.